The summed E-state index contributed by atoms with van der Waals surface area (Å²) < 4.78 is 11.0. The Morgan fingerprint density at radius 3 is 2.57 bits per heavy atom. The second kappa shape index (κ2) is 5.19. The molecule has 1 rings (SSSR count). The molecule has 1 aliphatic heterocycles. The van der Waals surface area contributed by atoms with Crippen molar-refractivity contribution in [3.8, 4) is 0 Å². The Labute approximate surface area is 92.1 Å². The van der Waals surface area contributed by atoms with Crippen LogP contribution in [0, 0.1) is 0 Å². The number of ether oxygens (including phenoxy) is 2. The minimum absolute atomic E-state index is 0.306. The van der Waals surface area contributed by atoms with E-state index in [-0.39, 0.29) is 5.79 Å². The maximum atomic E-state index is 5.51. The van der Waals surface area contributed by atoms with Crippen LogP contribution in [-0.4, -0.2) is 24.3 Å². The van der Waals surface area contributed by atoms with Gasteiger partial charge in [0.1, 0.15) is 0 Å². The Kier molecular flexibility index (Phi) is 4.48. The van der Waals surface area contributed by atoms with E-state index in [0.717, 1.165) is 38.0 Å². The number of thiol groups is 1. The van der Waals surface area contributed by atoms with Gasteiger partial charge in [0.2, 0.25) is 0 Å². The van der Waals surface area contributed by atoms with Gasteiger partial charge in [-0.25, -0.2) is 0 Å². The van der Waals surface area contributed by atoms with Crippen LogP contribution in [0.1, 0.15) is 33.1 Å². The van der Waals surface area contributed by atoms with Gasteiger partial charge in [0.05, 0.1) is 13.2 Å². The highest BCUT2D eigenvalue weighted by atomic mass is 32.1. The third-order valence-corrected chi connectivity index (χ3v) is 3.27. The lowest BCUT2D eigenvalue weighted by atomic mass is 10.1. The summed E-state index contributed by atoms with van der Waals surface area (Å²) in [6, 6.07) is 0. The van der Waals surface area contributed by atoms with Crippen LogP contribution in [0.25, 0.3) is 0 Å². The smallest absolute Gasteiger partial charge is 0.165 e. The predicted molar refractivity (Wildman–Crippen MR) is 61.7 cm³/mol. The van der Waals surface area contributed by atoms with Crippen molar-refractivity contribution >= 4 is 12.6 Å². The van der Waals surface area contributed by atoms with Crippen LogP contribution in [0.4, 0.5) is 0 Å². The van der Waals surface area contributed by atoms with Crippen LogP contribution in [0.5, 0.6) is 0 Å². The van der Waals surface area contributed by atoms with E-state index in [9.17, 15) is 0 Å². The molecule has 0 aromatic heterocycles. The van der Waals surface area contributed by atoms with E-state index in [1.807, 2.05) is 13.8 Å². The quantitative estimate of drug-likeness (QED) is 0.563. The third kappa shape index (κ3) is 3.64. The summed E-state index contributed by atoms with van der Waals surface area (Å²) in [7, 11) is 0. The molecular weight excluding hydrogens is 196 g/mol. The SMILES string of the molecule is C=C(C)C(S)CCCC1(C)OCCO1. The van der Waals surface area contributed by atoms with Crippen molar-refractivity contribution in [2.45, 2.75) is 44.1 Å². The summed E-state index contributed by atoms with van der Waals surface area (Å²) in [5, 5.41) is 0.306. The van der Waals surface area contributed by atoms with E-state index in [2.05, 4.69) is 19.2 Å². The molecule has 3 heteroatoms. The number of hydrogen-bond acceptors (Lipinski definition) is 3. The van der Waals surface area contributed by atoms with Gasteiger partial charge < -0.3 is 9.47 Å². The minimum Gasteiger partial charge on any atom is -0.348 e. The first kappa shape index (κ1) is 12.1. The highest BCUT2D eigenvalue weighted by Crippen LogP contribution is 2.26. The Morgan fingerprint density at radius 2 is 2.07 bits per heavy atom. The fourth-order valence-electron chi connectivity index (χ4n) is 1.56. The standard InChI is InChI=1S/C11H20O2S/c1-9(2)10(14)5-4-6-11(3)12-7-8-13-11/h10,14H,1,4-8H2,2-3H3. The fourth-order valence-corrected chi connectivity index (χ4v) is 1.75. The van der Waals surface area contributed by atoms with Crippen LogP contribution >= 0.6 is 12.6 Å². The molecule has 82 valence electrons. The molecule has 0 aliphatic carbocycles. The maximum Gasteiger partial charge on any atom is 0.165 e. The summed E-state index contributed by atoms with van der Waals surface area (Å²) in [5.41, 5.74) is 1.13. The molecule has 1 unspecified atom stereocenters. The van der Waals surface area contributed by atoms with Crippen LogP contribution in [-0.2, 0) is 9.47 Å². The van der Waals surface area contributed by atoms with E-state index in [4.69, 9.17) is 9.47 Å². The van der Waals surface area contributed by atoms with E-state index in [1.165, 1.54) is 0 Å². The van der Waals surface area contributed by atoms with Crippen molar-refractivity contribution in [3.63, 3.8) is 0 Å². The number of hydrogen-bond donors (Lipinski definition) is 1. The Morgan fingerprint density at radius 1 is 1.50 bits per heavy atom. The minimum atomic E-state index is -0.345. The van der Waals surface area contributed by atoms with Gasteiger partial charge >= 0.3 is 0 Å². The Hall–Kier alpha value is 0.01000. The summed E-state index contributed by atoms with van der Waals surface area (Å²) >= 11 is 4.45. The normalized spacial score (nSPS) is 22.2. The van der Waals surface area contributed by atoms with Gasteiger partial charge in [0.25, 0.3) is 0 Å². The molecule has 1 fully saturated rings. The third-order valence-electron chi connectivity index (χ3n) is 2.58. The molecule has 1 heterocycles. The first-order valence-corrected chi connectivity index (χ1v) is 5.66. The maximum absolute atomic E-state index is 5.51. The van der Waals surface area contributed by atoms with E-state index in [0.29, 0.717) is 5.25 Å². The van der Waals surface area contributed by atoms with Gasteiger partial charge in [-0.1, -0.05) is 12.2 Å². The molecule has 2 nitrogen and oxygen atoms in total. The fraction of sp³-hybridized carbons (Fsp3) is 0.818. The second-order valence-electron chi connectivity index (χ2n) is 4.09. The molecule has 1 saturated heterocycles. The second-order valence-corrected chi connectivity index (χ2v) is 4.71. The van der Waals surface area contributed by atoms with Crippen molar-refractivity contribution < 1.29 is 9.47 Å². The molecular formula is C11H20O2S. The van der Waals surface area contributed by atoms with Crippen molar-refractivity contribution in [1.29, 1.82) is 0 Å². The van der Waals surface area contributed by atoms with Gasteiger partial charge in [-0.3, -0.25) is 0 Å². The van der Waals surface area contributed by atoms with Crippen LogP contribution in [0.15, 0.2) is 12.2 Å². The molecule has 0 radical (unpaired) electrons. The molecule has 1 aliphatic rings. The topological polar surface area (TPSA) is 18.5 Å². The lowest BCUT2D eigenvalue weighted by Gasteiger charge is -2.22. The molecule has 0 aromatic rings. The van der Waals surface area contributed by atoms with Crippen molar-refractivity contribution in [2.24, 2.45) is 0 Å². The zero-order valence-corrected chi connectivity index (χ0v) is 9.98. The highest BCUT2D eigenvalue weighted by molar-refractivity contribution is 7.81. The first-order chi connectivity index (χ1) is 6.53. The van der Waals surface area contributed by atoms with E-state index >= 15 is 0 Å². The van der Waals surface area contributed by atoms with Gasteiger partial charge in [-0.15, -0.1) is 0 Å². The van der Waals surface area contributed by atoms with Gasteiger partial charge in [-0.2, -0.15) is 12.6 Å². The summed E-state index contributed by atoms with van der Waals surface area (Å²) in [6.07, 6.45) is 3.05. The van der Waals surface area contributed by atoms with Crippen molar-refractivity contribution in [3.05, 3.63) is 12.2 Å². The summed E-state index contributed by atoms with van der Waals surface area (Å²) in [5.74, 6) is -0.345. The first-order valence-electron chi connectivity index (χ1n) is 5.15. The van der Waals surface area contributed by atoms with Gasteiger partial charge in [-0.05, 0) is 26.7 Å². The Balaban J connectivity index is 2.17. The number of rotatable bonds is 5. The molecule has 0 spiro atoms. The predicted octanol–water partition coefficient (Wildman–Crippen LogP) is 2.79. The average Bonchev–Trinajstić information content (AvgIpc) is 2.52. The Bertz CT molecular complexity index is 197. The van der Waals surface area contributed by atoms with E-state index in [1.54, 1.807) is 0 Å². The zero-order chi connectivity index (χ0) is 10.6. The molecule has 0 bridgehead atoms. The molecule has 0 saturated carbocycles. The zero-order valence-electron chi connectivity index (χ0n) is 9.08. The van der Waals surface area contributed by atoms with Gasteiger partial charge in [0, 0.05) is 11.7 Å². The monoisotopic (exact) mass is 216 g/mol. The summed E-state index contributed by atoms with van der Waals surface area (Å²) in [6.45, 7) is 9.35. The molecule has 1 atom stereocenters. The van der Waals surface area contributed by atoms with Crippen LogP contribution in [0.2, 0.25) is 0 Å². The van der Waals surface area contributed by atoms with Crippen molar-refractivity contribution in [1.82, 2.24) is 0 Å². The summed E-state index contributed by atoms with van der Waals surface area (Å²) in [4.78, 5) is 0. The average molecular weight is 216 g/mol. The lowest BCUT2D eigenvalue weighted by Crippen LogP contribution is -2.25. The molecule has 0 aromatic carbocycles. The van der Waals surface area contributed by atoms with Crippen LogP contribution in [0.3, 0.4) is 0 Å². The van der Waals surface area contributed by atoms with Crippen LogP contribution < -0.4 is 0 Å². The lowest BCUT2D eigenvalue weighted by molar-refractivity contribution is -0.147. The highest BCUT2D eigenvalue weighted by Gasteiger charge is 2.30. The van der Waals surface area contributed by atoms with Crippen molar-refractivity contribution in [2.75, 3.05) is 13.2 Å². The van der Waals surface area contributed by atoms with E-state index < -0.39 is 0 Å². The largest absolute Gasteiger partial charge is 0.348 e. The molecule has 14 heavy (non-hydrogen) atoms. The molecule has 0 amide bonds. The molecule has 0 N–H and O–H groups in total. The van der Waals surface area contributed by atoms with Gasteiger partial charge in [0.15, 0.2) is 5.79 Å².